The first kappa shape index (κ1) is 8.72. The fourth-order valence-corrected chi connectivity index (χ4v) is 1.92. The summed E-state index contributed by atoms with van der Waals surface area (Å²) in [6.45, 7) is 0. The summed E-state index contributed by atoms with van der Waals surface area (Å²) in [4.78, 5) is 13.0. The molecule has 1 aliphatic rings. The van der Waals surface area contributed by atoms with E-state index in [1.807, 2.05) is 18.2 Å². The molecular weight excluding hydrogens is 232 g/mol. The molecule has 4 heteroatoms. The number of fused-ring (bicyclic) bond motifs is 1. The molecule has 2 N–H and O–H groups in total. The summed E-state index contributed by atoms with van der Waals surface area (Å²) >= 11 is 3.35. The van der Waals surface area contributed by atoms with Crippen molar-refractivity contribution in [2.45, 2.75) is 6.04 Å². The molecule has 13 heavy (non-hydrogen) atoms. The van der Waals surface area contributed by atoms with Crippen molar-refractivity contribution in [1.82, 2.24) is 0 Å². The van der Waals surface area contributed by atoms with E-state index in [0.29, 0.717) is 0 Å². The van der Waals surface area contributed by atoms with E-state index >= 15 is 0 Å². The third-order valence-corrected chi connectivity index (χ3v) is 2.78. The van der Waals surface area contributed by atoms with Gasteiger partial charge in [-0.05, 0) is 18.2 Å². The highest BCUT2D eigenvalue weighted by atomic mass is 79.9. The van der Waals surface area contributed by atoms with E-state index in [9.17, 15) is 4.79 Å². The second-order valence-corrected chi connectivity index (χ2v) is 3.99. The van der Waals surface area contributed by atoms with Crippen LogP contribution in [-0.2, 0) is 4.79 Å². The maximum absolute atomic E-state index is 11.5. The molecule has 1 aromatic carbocycles. The predicted molar refractivity (Wildman–Crippen MR) is 54.5 cm³/mol. The van der Waals surface area contributed by atoms with Crippen molar-refractivity contribution in [1.29, 1.82) is 0 Å². The van der Waals surface area contributed by atoms with E-state index in [2.05, 4.69) is 15.9 Å². The predicted octanol–water partition coefficient (Wildman–Crippen LogP) is 1.43. The molecule has 1 atom stereocenters. The van der Waals surface area contributed by atoms with Crippen LogP contribution in [0.1, 0.15) is 11.6 Å². The van der Waals surface area contributed by atoms with Gasteiger partial charge < -0.3 is 10.6 Å². The largest absolute Gasteiger partial charge is 0.316 e. The summed E-state index contributed by atoms with van der Waals surface area (Å²) in [5.74, 6) is -0.0481. The zero-order valence-electron chi connectivity index (χ0n) is 7.12. The van der Waals surface area contributed by atoms with E-state index < -0.39 is 6.04 Å². The molecule has 3 nitrogen and oxygen atoms in total. The minimum absolute atomic E-state index is 0.0481. The second kappa shape index (κ2) is 2.82. The lowest BCUT2D eigenvalue weighted by Crippen LogP contribution is -2.27. The number of rotatable bonds is 0. The summed E-state index contributed by atoms with van der Waals surface area (Å²) in [6, 6.07) is 5.18. The van der Waals surface area contributed by atoms with E-state index in [4.69, 9.17) is 5.73 Å². The van der Waals surface area contributed by atoms with E-state index in [-0.39, 0.29) is 5.91 Å². The van der Waals surface area contributed by atoms with Crippen LogP contribution in [0.15, 0.2) is 22.7 Å². The molecule has 0 aliphatic carbocycles. The fourth-order valence-electron chi connectivity index (χ4n) is 1.54. The Hall–Kier alpha value is -0.870. The molecule has 0 bridgehead atoms. The minimum Gasteiger partial charge on any atom is -0.316 e. The lowest BCUT2D eigenvalue weighted by Gasteiger charge is -2.08. The molecule has 0 unspecified atom stereocenters. The number of nitrogens with two attached hydrogens (primary N) is 1. The van der Waals surface area contributed by atoms with Gasteiger partial charge in [-0.3, -0.25) is 4.79 Å². The molecule has 0 spiro atoms. The Morgan fingerprint density at radius 2 is 2.23 bits per heavy atom. The smallest absolute Gasteiger partial charge is 0.248 e. The van der Waals surface area contributed by atoms with Gasteiger partial charge in [0.05, 0.1) is 0 Å². The summed E-state index contributed by atoms with van der Waals surface area (Å²) < 4.78 is 0.949. The third kappa shape index (κ3) is 1.17. The Kier molecular flexibility index (Phi) is 1.89. The van der Waals surface area contributed by atoms with Crippen molar-refractivity contribution in [2.24, 2.45) is 5.73 Å². The Labute approximate surface area is 84.6 Å². The number of amides is 1. The number of benzene rings is 1. The van der Waals surface area contributed by atoms with Gasteiger partial charge in [0, 0.05) is 22.8 Å². The summed E-state index contributed by atoms with van der Waals surface area (Å²) in [7, 11) is 1.74. The molecule has 68 valence electrons. The topological polar surface area (TPSA) is 46.3 Å². The Morgan fingerprint density at radius 3 is 2.92 bits per heavy atom. The van der Waals surface area contributed by atoms with Crippen molar-refractivity contribution in [3.63, 3.8) is 0 Å². The molecule has 1 heterocycles. The van der Waals surface area contributed by atoms with Crippen LogP contribution >= 0.6 is 15.9 Å². The van der Waals surface area contributed by atoms with Crippen molar-refractivity contribution >= 4 is 27.5 Å². The van der Waals surface area contributed by atoms with Gasteiger partial charge in [0.2, 0.25) is 5.91 Å². The maximum atomic E-state index is 11.5. The third-order valence-electron chi connectivity index (χ3n) is 2.28. The van der Waals surface area contributed by atoms with Crippen molar-refractivity contribution in [3.05, 3.63) is 28.2 Å². The SMILES string of the molecule is CN1C(=O)[C@@H](N)c2cc(Br)ccc21. The van der Waals surface area contributed by atoms with Gasteiger partial charge in [-0.1, -0.05) is 15.9 Å². The van der Waals surface area contributed by atoms with Crippen molar-refractivity contribution in [3.8, 4) is 0 Å². The Balaban J connectivity index is 2.60. The zero-order valence-corrected chi connectivity index (χ0v) is 8.71. The van der Waals surface area contributed by atoms with Gasteiger partial charge >= 0.3 is 0 Å². The van der Waals surface area contributed by atoms with Gasteiger partial charge in [-0.25, -0.2) is 0 Å². The number of hydrogen-bond acceptors (Lipinski definition) is 2. The van der Waals surface area contributed by atoms with Gasteiger partial charge in [0.25, 0.3) is 0 Å². The molecule has 0 radical (unpaired) electrons. The van der Waals surface area contributed by atoms with E-state index in [1.54, 1.807) is 11.9 Å². The van der Waals surface area contributed by atoms with Crippen LogP contribution in [0.2, 0.25) is 0 Å². The van der Waals surface area contributed by atoms with E-state index in [0.717, 1.165) is 15.7 Å². The lowest BCUT2D eigenvalue weighted by atomic mass is 10.1. The highest BCUT2D eigenvalue weighted by Crippen LogP contribution is 2.34. The molecule has 0 saturated heterocycles. The average Bonchev–Trinajstić information content (AvgIpc) is 2.32. The normalized spacial score (nSPS) is 20.7. The molecular formula is C9H9BrN2O. The first-order chi connectivity index (χ1) is 6.11. The summed E-state index contributed by atoms with van der Waals surface area (Å²) in [5, 5.41) is 0. The van der Waals surface area contributed by atoms with Crippen LogP contribution in [0.3, 0.4) is 0 Å². The van der Waals surface area contributed by atoms with Crippen LogP contribution in [0, 0.1) is 0 Å². The van der Waals surface area contributed by atoms with Crippen LogP contribution in [0.5, 0.6) is 0 Å². The number of nitrogens with zero attached hydrogens (tertiary/aromatic N) is 1. The average molecular weight is 241 g/mol. The van der Waals surface area contributed by atoms with Crippen LogP contribution < -0.4 is 10.6 Å². The number of likely N-dealkylation sites (N-methyl/N-ethyl adjacent to an activating group) is 1. The van der Waals surface area contributed by atoms with Gasteiger partial charge in [0.15, 0.2) is 0 Å². The van der Waals surface area contributed by atoms with Crippen LogP contribution in [-0.4, -0.2) is 13.0 Å². The standard InChI is InChI=1S/C9H9BrN2O/c1-12-7-3-2-5(10)4-6(7)8(11)9(12)13/h2-4,8H,11H2,1H3/t8-/m0/s1. The highest BCUT2D eigenvalue weighted by molar-refractivity contribution is 9.10. The first-order valence-corrected chi connectivity index (χ1v) is 4.73. The van der Waals surface area contributed by atoms with Crippen LogP contribution in [0.4, 0.5) is 5.69 Å². The number of carbonyl (C=O) groups excluding carboxylic acids is 1. The summed E-state index contributed by atoms with van der Waals surface area (Å²) in [5.41, 5.74) is 7.53. The first-order valence-electron chi connectivity index (χ1n) is 3.94. The molecule has 0 saturated carbocycles. The molecule has 0 fully saturated rings. The zero-order chi connectivity index (χ0) is 9.59. The minimum atomic E-state index is -0.502. The Bertz CT molecular complexity index is 378. The number of carbonyl (C=O) groups is 1. The second-order valence-electron chi connectivity index (χ2n) is 3.08. The lowest BCUT2D eigenvalue weighted by molar-refractivity contribution is -0.118. The van der Waals surface area contributed by atoms with Gasteiger partial charge in [-0.2, -0.15) is 0 Å². The molecule has 0 aromatic heterocycles. The number of anilines is 1. The van der Waals surface area contributed by atoms with Gasteiger partial charge in [-0.15, -0.1) is 0 Å². The summed E-state index contributed by atoms with van der Waals surface area (Å²) in [6.07, 6.45) is 0. The van der Waals surface area contributed by atoms with Crippen LogP contribution in [0.25, 0.3) is 0 Å². The van der Waals surface area contributed by atoms with Crippen molar-refractivity contribution in [2.75, 3.05) is 11.9 Å². The van der Waals surface area contributed by atoms with Crippen molar-refractivity contribution < 1.29 is 4.79 Å². The molecule has 1 aliphatic heterocycles. The molecule has 1 aromatic rings. The maximum Gasteiger partial charge on any atom is 0.248 e. The monoisotopic (exact) mass is 240 g/mol. The quantitative estimate of drug-likeness (QED) is 0.746. The number of halogens is 1. The highest BCUT2D eigenvalue weighted by Gasteiger charge is 2.31. The van der Waals surface area contributed by atoms with Gasteiger partial charge in [0.1, 0.15) is 6.04 Å². The molecule has 1 amide bonds. The molecule has 2 rings (SSSR count). The number of hydrogen-bond donors (Lipinski definition) is 1. The van der Waals surface area contributed by atoms with E-state index in [1.165, 1.54) is 0 Å². The fraction of sp³-hybridized carbons (Fsp3) is 0.222. The Morgan fingerprint density at radius 1 is 1.54 bits per heavy atom.